The molecule has 0 saturated carbocycles. The van der Waals surface area contributed by atoms with E-state index in [1.165, 1.54) is 6.33 Å². The highest BCUT2D eigenvalue weighted by Gasteiger charge is 2.01. The van der Waals surface area contributed by atoms with Gasteiger partial charge < -0.3 is 10.6 Å². The largest absolute Gasteiger partial charge is 0.355 e. The maximum Gasteiger partial charge on any atom is 0.233 e. The monoisotopic (exact) mass is 236 g/mol. The summed E-state index contributed by atoms with van der Waals surface area (Å²) >= 11 is 0. The zero-order chi connectivity index (χ0) is 12.5. The summed E-state index contributed by atoms with van der Waals surface area (Å²) in [5.41, 5.74) is 0.884. The maximum atomic E-state index is 11.4. The third kappa shape index (κ3) is 6.63. The Hall–Kier alpha value is -1.49. The van der Waals surface area contributed by atoms with Crippen molar-refractivity contribution < 1.29 is 4.79 Å². The van der Waals surface area contributed by atoms with Gasteiger partial charge in [0.25, 0.3) is 0 Å². The van der Waals surface area contributed by atoms with Crippen LogP contribution in [0.1, 0.15) is 26.0 Å². The molecule has 1 rings (SSSR count). The van der Waals surface area contributed by atoms with E-state index >= 15 is 0 Å². The standard InChI is InChI=1S/C12H20N4O/c1-10(2)3-6-15-12(17)8-14-7-11-4-5-13-9-16-11/h4-5,9-10,14H,3,6-8H2,1-2H3,(H,15,17). The predicted octanol–water partition coefficient (Wildman–Crippen LogP) is 0.728. The van der Waals surface area contributed by atoms with Crippen LogP contribution in [0.2, 0.25) is 0 Å². The number of hydrogen-bond donors (Lipinski definition) is 2. The van der Waals surface area contributed by atoms with Gasteiger partial charge in [-0.05, 0) is 18.4 Å². The lowest BCUT2D eigenvalue weighted by atomic mass is 10.1. The quantitative estimate of drug-likeness (QED) is 0.732. The topological polar surface area (TPSA) is 66.9 Å². The Labute approximate surface area is 102 Å². The Morgan fingerprint density at radius 3 is 2.94 bits per heavy atom. The lowest BCUT2D eigenvalue weighted by Gasteiger charge is -2.07. The molecule has 94 valence electrons. The average Bonchev–Trinajstić information content (AvgIpc) is 2.30. The fourth-order valence-corrected chi connectivity index (χ4v) is 1.29. The van der Waals surface area contributed by atoms with Crippen molar-refractivity contribution in [2.24, 2.45) is 5.92 Å². The Bertz CT molecular complexity index is 327. The van der Waals surface area contributed by atoms with Gasteiger partial charge >= 0.3 is 0 Å². The van der Waals surface area contributed by atoms with Crippen LogP contribution < -0.4 is 10.6 Å². The molecule has 0 saturated heterocycles. The van der Waals surface area contributed by atoms with Crippen molar-refractivity contribution in [1.29, 1.82) is 0 Å². The number of hydrogen-bond acceptors (Lipinski definition) is 4. The second-order valence-electron chi connectivity index (χ2n) is 4.34. The molecule has 0 radical (unpaired) electrons. The molecule has 1 aromatic rings. The molecule has 5 heteroatoms. The van der Waals surface area contributed by atoms with Crippen molar-refractivity contribution in [3.8, 4) is 0 Å². The highest BCUT2D eigenvalue weighted by molar-refractivity contribution is 5.77. The molecule has 1 amide bonds. The molecule has 0 aliphatic rings. The first-order valence-corrected chi connectivity index (χ1v) is 5.91. The highest BCUT2D eigenvalue weighted by Crippen LogP contribution is 1.95. The number of aromatic nitrogens is 2. The zero-order valence-corrected chi connectivity index (χ0v) is 10.4. The number of carbonyl (C=O) groups excluding carboxylic acids is 1. The van der Waals surface area contributed by atoms with E-state index in [2.05, 4.69) is 34.4 Å². The molecule has 17 heavy (non-hydrogen) atoms. The lowest BCUT2D eigenvalue weighted by Crippen LogP contribution is -2.34. The van der Waals surface area contributed by atoms with Crippen molar-refractivity contribution in [2.45, 2.75) is 26.8 Å². The molecule has 0 aromatic carbocycles. The summed E-state index contributed by atoms with van der Waals surface area (Å²) in [4.78, 5) is 19.3. The first-order valence-electron chi connectivity index (χ1n) is 5.91. The molecule has 0 unspecified atom stereocenters. The SMILES string of the molecule is CC(C)CCNC(=O)CNCc1ccncn1. The second kappa shape index (κ2) is 7.73. The summed E-state index contributed by atoms with van der Waals surface area (Å²) in [6, 6.07) is 1.82. The maximum absolute atomic E-state index is 11.4. The van der Waals surface area contributed by atoms with E-state index in [0.29, 0.717) is 19.0 Å². The van der Waals surface area contributed by atoms with Crippen LogP contribution in [-0.2, 0) is 11.3 Å². The van der Waals surface area contributed by atoms with Crippen molar-refractivity contribution in [2.75, 3.05) is 13.1 Å². The van der Waals surface area contributed by atoms with Crippen LogP contribution in [0, 0.1) is 5.92 Å². The number of nitrogens with one attached hydrogen (secondary N) is 2. The molecule has 0 aliphatic carbocycles. The smallest absolute Gasteiger partial charge is 0.233 e. The van der Waals surface area contributed by atoms with Gasteiger partial charge in [-0.1, -0.05) is 13.8 Å². The first-order chi connectivity index (χ1) is 8.18. The summed E-state index contributed by atoms with van der Waals surface area (Å²) < 4.78 is 0. The van der Waals surface area contributed by atoms with Crippen LogP contribution in [0.15, 0.2) is 18.6 Å². The van der Waals surface area contributed by atoms with E-state index in [-0.39, 0.29) is 5.91 Å². The molecular formula is C12H20N4O. The van der Waals surface area contributed by atoms with Gasteiger partial charge in [0.2, 0.25) is 5.91 Å². The van der Waals surface area contributed by atoms with Gasteiger partial charge in [0.15, 0.2) is 0 Å². The number of nitrogens with zero attached hydrogens (tertiary/aromatic N) is 2. The Balaban J connectivity index is 2.08. The first kappa shape index (κ1) is 13.6. The van der Waals surface area contributed by atoms with Crippen LogP contribution in [0.5, 0.6) is 0 Å². The molecule has 0 fully saturated rings. The minimum atomic E-state index is 0.0275. The Morgan fingerprint density at radius 2 is 2.29 bits per heavy atom. The summed E-state index contributed by atoms with van der Waals surface area (Å²) in [7, 11) is 0. The zero-order valence-electron chi connectivity index (χ0n) is 10.4. The Morgan fingerprint density at radius 1 is 1.47 bits per heavy atom. The number of amides is 1. The summed E-state index contributed by atoms with van der Waals surface area (Å²) in [5.74, 6) is 0.643. The van der Waals surface area contributed by atoms with Gasteiger partial charge in [0, 0.05) is 19.3 Å². The molecule has 1 aromatic heterocycles. The van der Waals surface area contributed by atoms with Crippen molar-refractivity contribution in [3.63, 3.8) is 0 Å². The molecule has 0 aliphatic heterocycles. The van der Waals surface area contributed by atoms with E-state index in [0.717, 1.165) is 18.7 Å². The molecule has 5 nitrogen and oxygen atoms in total. The normalized spacial score (nSPS) is 10.5. The van der Waals surface area contributed by atoms with Crippen molar-refractivity contribution in [3.05, 3.63) is 24.3 Å². The van der Waals surface area contributed by atoms with Gasteiger partial charge in [0.1, 0.15) is 6.33 Å². The van der Waals surface area contributed by atoms with Crippen molar-refractivity contribution >= 4 is 5.91 Å². The molecule has 2 N–H and O–H groups in total. The second-order valence-corrected chi connectivity index (χ2v) is 4.34. The minimum absolute atomic E-state index is 0.0275. The van der Waals surface area contributed by atoms with Gasteiger partial charge in [0.05, 0.1) is 12.2 Å². The number of rotatable bonds is 7. The van der Waals surface area contributed by atoms with Gasteiger partial charge in [-0.25, -0.2) is 9.97 Å². The minimum Gasteiger partial charge on any atom is -0.355 e. The third-order valence-corrected chi connectivity index (χ3v) is 2.28. The van der Waals surface area contributed by atoms with Gasteiger partial charge in [-0.3, -0.25) is 4.79 Å². The van der Waals surface area contributed by atoms with Gasteiger partial charge in [-0.2, -0.15) is 0 Å². The molecule has 0 spiro atoms. The average molecular weight is 236 g/mol. The summed E-state index contributed by atoms with van der Waals surface area (Å²) in [6.07, 6.45) is 4.20. The van der Waals surface area contributed by atoms with Crippen LogP contribution in [0.3, 0.4) is 0 Å². The van der Waals surface area contributed by atoms with E-state index in [1.807, 2.05) is 6.07 Å². The Kier molecular flexibility index (Phi) is 6.17. The molecule has 1 heterocycles. The van der Waals surface area contributed by atoms with E-state index in [9.17, 15) is 4.79 Å². The highest BCUT2D eigenvalue weighted by atomic mass is 16.1. The fourth-order valence-electron chi connectivity index (χ4n) is 1.29. The summed E-state index contributed by atoms with van der Waals surface area (Å²) in [5, 5.41) is 5.90. The van der Waals surface area contributed by atoms with E-state index in [1.54, 1.807) is 6.20 Å². The lowest BCUT2D eigenvalue weighted by molar-refractivity contribution is -0.120. The molecular weight excluding hydrogens is 216 g/mol. The molecule has 0 atom stereocenters. The van der Waals surface area contributed by atoms with Crippen LogP contribution >= 0.6 is 0 Å². The third-order valence-electron chi connectivity index (χ3n) is 2.28. The van der Waals surface area contributed by atoms with Crippen LogP contribution in [-0.4, -0.2) is 29.0 Å². The predicted molar refractivity (Wildman–Crippen MR) is 66.2 cm³/mol. The van der Waals surface area contributed by atoms with Crippen molar-refractivity contribution in [1.82, 2.24) is 20.6 Å². The van der Waals surface area contributed by atoms with E-state index in [4.69, 9.17) is 0 Å². The summed E-state index contributed by atoms with van der Waals surface area (Å²) in [6.45, 7) is 5.92. The van der Waals surface area contributed by atoms with E-state index < -0.39 is 0 Å². The molecule has 0 bridgehead atoms. The number of carbonyl (C=O) groups is 1. The van der Waals surface area contributed by atoms with Crippen LogP contribution in [0.25, 0.3) is 0 Å². The van der Waals surface area contributed by atoms with Gasteiger partial charge in [-0.15, -0.1) is 0 Å². The fraction of sp³-hybridized carbons (Fsp3) is 0.583. The van der Waals surface area contributed by atoms with Crippen LogP contribution in [0.4, 0.5) is 0 Å².